The van der Waals surface area contributed by atoms with Gasteiger partial charge in [-0.25, -0.2) is 0 Å². The van der Waals surface area contributed by atoms with Crippen molar-refractivity contribution in [3.05, 3.63) is 53.6 Å². The lowest BCUT2D eigenvalue weighted by Gasteiger charge is -2.15. The molecule has 1 saturated heterocycles. The molecule has 1 fully saturated rings. The summed E-state index contributed by atoms with van der Waals surface area (Å²) in [6.07, 6.45) is 2.18. The molecule has 3 rings (SSSR count). The van der Waals surface area contributed by atoms with Gasteiger partial charge >= 0.3 is 0 Å². The third-order valence-corrected chi connectivity index (χ3v) is 4.12. The Hall–Kier alpha value is -2.24. The van der Waals surface area contributed by atoms with Crippen molar-refractivity contribution in [3.8, 4) is 11.5 Å². The minimum absolute atomic E-state index is 0.118. The molecule has 2 aromatic rings. The van der Waals surface area contributed by atoms with E-state index in [0.29, 0.717) is 28.8 Å². The van der Waals surface area contributed by atoms with Gasteiger partial charge in [0.2, 0.25) is 0 Å². The zero-order chi connectivity index (χ0) is 17.5. The summed E-state index contributed by atoms with van der Waals surface area (Å²) in [7, 11) is 0. The Kier molecular flexibility index (Phi) is 6.14. The first-order valence-electron chi connectivity index (χ1n) is 8.23. The fraction of sp³-hybridized carbons (Fsp3) is 0.316. The van der Waals surface area contributed by atoms with Gasteiger partial charge in [-0.15, -0.1) is 0 Å². The van der Waals surface area contributed by atoms with E-state index in [2.05, 4.69) is 5.32 Å². The SMILES string of the molecule is O=C(COc1ccccc1Cl)Nc1ccccc1OC[C@H]1CCCO1. The van der Waals surface area contributed by atoms with Gasteiger partial charge in [-0.1, -0.05) is 35.9 Å². The van der Waals surface area contributed by atoms with Crippen molar-refractivity contribution in [1.82, 2.24) is 0 Å². The molecular weight excluding hydrogens is 342 g/mol. The zero-order valence-electron chi connectivity index (χ0n) is 13.7. The topological polar surface area (TPSA) is 56.8 Å². The summed E-state index contributed by atoms with van der Waals surface area (Å²) in [5.74, 6) is 0.805. The number of rotatable bonds is 7. The maximum Gasteiger partial charge on any atom is 0.262 e. The monoisotopic (exact) mass is 361 g/mol. The first kappa shape index (κ1) is 17.6. The summed E-state index contributed by atoms with van der Waals surface area (Å²) in [4.78, 5) is 12.2. The molecule has 0 aliphatic carbocycles. The van der Waals surface area contributed by atoms with Crippen LogP contribution in [0, 0.1) is 0 Å². The molecule has 1 aliphatic heterocycles. The van der Waals surface area contributed by atoms with Crippen molar-refractivity contribution in [2.24, 2.45) is 0 Å². The molecule has 5 nitrogen and oxygen atoms in total. The van der Waals surface area contributed by atoms with Crippen LogP contribution in [0.4, 0.5) is 5.69 Å². The molecule has 1 N–H and O–H groups in total. The quantitative estimate of drug-likeness (QED) is 0.812. The van der Waals surface area contributed by atoms with Crippen LogP contribution in [0.25, 0.3) is 0 Å². The van der Waals surface area contributed by atoms with Crippen LogP contribution in [-0.4, -0.2) is 31.8 Å². The second-order valence-corrected chi connectivity index (χ2v) is 6.12. The molecule has 25 heavy (non-hydrogen) atoms. The van der Waals surface area contributed by atoms with Crippen molar-refractivity contribution in [2.45, 2.75) is 18.9 Å². The number of nitrogens with one attached hydrogen (secondary N) is 1. The van der Waals surface area contributed by atoms with E-state index in [1.165, 1.54) is 0 Å². The van der Waals surface area contributed by atoms with E-state index in [-0.39, 0.29) is 18.6 Å². The van der Waals surface area contributed by atoms with Gasteiger partial charge in [0.1, 0.15) is 18.1 Å². The number of ether oxygens (including phenoxy) is 3. The van der Waals surface area contributed by atoms with Crippen LogP contribution in [-0.2, 0) is 9.53 Å². The number of amides is 1. The van der Waals surface area contributed by atoms with Gasteiger partial charge in [-0.2, -0.15) is 0 Å². The molecule has 1 aliphatic rings. The lowest BCUT2D eigenvalue weighted by atomic mass is 10.2. The van der Waals surface area contributed by atoms with Crippen LogP contribution in [0.3, 0.4) is 0 Å². The highest BCUT2D eigenvalue weighted by atomic mass is 35.5. The molecule has 0 aromatic heterocycles. The minimum Gasteiger partial charge on any atom is -0.489 e. The van der Waals surface area contributed by atoms with Gasteiger partial charge in [-0.3, -0.25) is 4.79 Å². The van der Waals surface area contributed by atoms with E-state index in [0.717, 1.165) is 19.4 Å². The highest BCUT2D eigenvalue weighted by molar-refractivity contribution is 6.32. The van der Waals surface area contributed by atoms with Crippen molar-refractivity contribution < 1.29 is 19.0 Å². The average molecular weight is 362 g/mol. The van der Waals surface area contributed by atoms with E-state index >= 15 is 0 Å². The lowest BCUT2D eigenvalue weighted by Crippen LogP contribution is -2.21. The smallest absolute Gasteiger partial charge is 0.262 e. The molecule has 0 saturated carbocycles. The summed E-state index contributed by atoms with van der Waals surface area (Å²) < 4.78 is 16.8. The first-order valence-corrected chi connectivity index (χ1v) is 8.61. The highest BCUT2D eigenvalue weighted by Gasteiger charge is 2.17. The number of para-hydroxylation sites is 3. The number of anilines is 1. The molecule has 0 radical (unpaired) electrons. The first-order chi connectivity index (χ1) is 12.2. The maximum absolute atomic E-state index is 12.2. The van der Waals surface area contributed by atoms with Crippen molar-refractivity contribution in [3.63, 3.8) is 0 Å². The lowest BCUT2D eigenvalue weighted by molar-refractivity contribution is -0.118. The average Bonchev–Trinajstić information content (AvgIpc) is 3.14. The van der Waals surface area contributed by atoms with Gasteiger partial charge in [-0.05, 0) is 37.1 Å². The largest absolute Gasteiger partial charge is 0.489 e. The second kappa shape index (κ2) is 8.74. The van der Waals surface area contributed by atoms with Crippen LogP contribution < -0.4 is 14.8 Å². The van der Waals surface area contributed by atoms with Crippen LogP contribution in [0.2, 0.25) is 5.02 Å². The van der Waals surface area contributed by atoms with Gasteiger partial charge in [0.25, 0.3) is 5.91 Å². The van der Waals surface area contributed by atoms with Crippen LogP contribution in [0.15, 0.2) is 48.5 Å². The summed E-state index contributed by atoms with van der Waals surface area (Å²) in [5, 5.41) is 3.27. The predicted octanol–water partition coefficient (Wildman–Crippen LogP) is 3.92. The summed E-state index contributed by atoms with van der Waals surface area (Å²) in [6, 6.07) is 14.3. The van der Waals surface area contributed by atoms with E-state index in [9.17, 15) is 4.79 Å². The maximum atomic E-state index is 12.2. The Bertz CT molecular complexity index is 716. The fourth-order valence-electron chi connectivity index (χ4n) is 2.55. The van der Waals surface area contributed by atoms with E-state index < -0.39 is 0 Å². The molecule has 1 atom stereocenters. The number of halogens is 1. The van der Waals surface area contributed by atoms with E-state index in [1.807, 2.05) is 18.2 Å². The highest BCUT2D eigenvalue weighted by Crippen LogP contribution is 2.26. The third-order valence-electron chi connectivity index (χ3n) is 3.81. The van der Waals surface area contributed by atoms with Gasteiger partial charge in [0.15, 0.2) is 6.61 Å². The van der Waals surface area contributed by atoms with Crippen molar-refractivity contribution >= 4 is 23.2 Å². The number of benzene rings is 2. The van der Waals surface area contributed by atoms with Gasteiger partial charge < -0.3 is 19.5 Å². The molecule has 1 heterocycles. The Morgan fingerprint density at radius 3 is 2.64 bits per heavy atom. The van der Waals surface area contributed by atoms with Crippen LogP contribution >= 0.6 is 11.6 Å². The molecule has 2 aromatic carbocycles. The molecular formula is C19H20ClNO4. The molecule has 0 bridgehead atoms. The molecule has 1 amide bonds. The Balaban J connectivity index is 1.54. The zero-order valence-corrected chi connectivity index (χ0v) is 14.5. The molecule has 6 heteroatoms. The normalized spacial score (nSPS) is 16.4. The van der Waals surface area contributed by atoms with Crippen molar-refractivity contribution in [2.75, 3.05) is 25.1 Å². The summed E-state index contributed by atoms with van der Waals surface area (Å²) in [5.41, 5.74) is 0.605. The Morgan fingerprint density at radius 2 is 1.88 bits per heavy atom. The van der Waals surface area contributed by atoms with Crippen molar-refractivity contribution in [1.29, 1.82) is 0 Å². The molecule has 0 unspecified atom stereocenters. The van der Waals surface area contributed by atoms with E-state index in [4.69, 9.17) is 25.8 Å². The predicted molar refractivity (Wildman–Crippen MR) is 96.5 cm³/mol. The minimum atomic E-state index is -0.284. The van der Waals surface area contributed by atoms with Crippen LogP contribution in [0.1, 0.15) is 12.8 Å². The number of carbonyl (C=O) groups is 1. The second-order valence-electron chi connectivity index (χ2n) is 5.71. The summed E-state index contributed by atoms with van der Waals surface area (Å²) >= 11 is 6.01. The van der Waals surface area contributed by atoms with E-state index in [1.54, 1.807) is 30.3 Å². The number of hydrogen-bond acceptors (Lipinski definition) is 4. The third kappa shape index (κ3) is 5.11. The molecule has 132 valence electrons. The standard InChI is InChI=1S/C19H20ClNO4/c20-15-7-1-3-9-17(15)25-13-19(22)21-16-8-2-4-10-18(16)24-12-14-6-5-11-23-14/h1-4,7-10,14H,5-6,11-13H2,(H,21,22)/t14-/m1/s1. The van der Waals surface area contributed by atoms with Crippen LogP contribution in [0.5, 0.6) is 11.5 Å². The number of carbonyl (C=O) groups excluding carboxylic acids is 1. The molecule has 0 spiro atoms. The van der Waals surface area contributed by atoms with Gasteiger partial charge in [0.05, 0.1) is 16.8 Å². The number of hydrogen-bond donors (Lipinski definition) is 1. The Morgan fingerprint density at radius 1 is 1.12 bits per heavy atom. The fourth-order valence-corrected chi connectivity index (χ4v) is 2.74. The van der Waals surface area contributed by atoms with Gasteiger partial charge in [0, 0.05) is 6.61 Å². The Labute approximate surface area is 151 Å². The summed E-state index contributed by atoms with van der Waals surface area (Å²) in [6.45, 7) is 1.12.